The highest BCUT2D eigenvalue weighted by Gasteiger charge is 2.33. The monoisotopic (exact) mass is 271 g/mol. The van der Waals surface area contributed by atoms with Crippen molar-refractivity contribution in [1.29, 1.82) is 0 Å². The first-order chi connectivity index (χ1) is 9.59. The van der Waals surface area contributed by atoms with E-state index < -0.39 is 0 Å². The first-order valence-corrected chi connectivity index (χ1v) is 7.11. The standard InChI is InChI=1S/C17H21NO2/c1-12(18-9-17(2)10-20-11-17)14-8-7-13-5-3-4-6-15(13)16(14)19/h3-8,12,18-19H,9-11H2,1-2H3. The Balaban J connectivity index is 1.80. The van der Waals surface area contributed by atoms with Crippen molar-refractivity contribution >= 4 is 10.8 Å². The highest BCUT2D eigenvalue weighted by molar-refractivity contribution is 5.89. The Morgan fingerprint density at radius 1 is 1.25 bits per heavy atom. The lowest BCUT2D eigenvalue weighted by Gasteiger charge is -2.39. The minimum Gasteiger partial charge on any atom is -0.507 e. The number of phenols is 1. The van der Waals surface area contributed by atoms with Crippen LogP contribution in [0.2, 0.25) is 0 Å². The van der Waals surface area contributed by atoms with Gasteiger partial charge in [-0.15, -0.1) is 0 Å². The van der Waals surface area contributed by atoms with Crippen LogP contribution in [0, 0.1) is 5.41 Å². The fourth-order valence-electron chi connectivity index (χ4n) is 2.68. The van der Waals surface area contributed by atoms with E-state index in [9.17, 15) is 5.11 Å². The molecule has 1 saturated heterocycles. The van der Waals surface area contributed by atoms with Crippen molar-refractivity contribution in [2.24, 2.45) is 5.41 Å². The lowest BCUT2D eigenvalue weighted by atomic mass is 9.88. The fraction of sp³-hybridized carbons (Fsp3) is 0.412. The van der Waals surface area contributed by atoms with Crippen LogP contribution < -0.4 is 5.32 Å². The molecule has 1 atom stereocenters. The predicted molar refractivity (Wildman–Crippen MR) is 81.0 cm³/mol. The summed E-state index contributed by atoms with van der Waals surface area (Å²) in [6.45, 7) is 6.84. The molecular formula is C17H21NO2. The van der Waals surface area contributed by atoms with Gasteiger partial charge in [-0.1, -0.05) is 43.3 Å². The van der Waals surface area contributed by atoms with Gasteiger partial charge in [0.15, 0.2) is 0 Å². The third kappa shape index (κ3) is 2.39. The molecule has 0 bridgehead atoms. The van der Waals surface area contributed by atoms with Crippen LogP contribution in [-0.4, -0.2) is 24.9 Å². The Morgan fingerprint density at radius 2 is 2.00 bits per heavy atom. The van der Waals surface area contributed by atoms with E-state index in [4.69, 9.17) is 4.74 Å². The average molecular weight is 271 g/mol. The molecule has 0 radical (unpaired) electrons. The summed E-state index contributed by atoms with van der Waals surface area (Å²) in [5.74, 6) is 0.387. The minimum absolute atomic E-state index is 0.122. The quantitative estimate of drug-likeness (QED) is 0.897. The van der Waals surface area contributed by atoms with Crippen LogP contribution in [0.15, 0.2) is 36.4 Å². The van der Waals surface area contributed by atoms with Crippen LogP contribution in [0.1, 0.15) is 25.5 Å². The van der Waals surface area contributed by atoms with Gasteiger partial charge < -0.3 is 15.2 Å². The van der Waals surface area contributed by atoms with Crippen molar-refractivity contribution in [3.8, 4) is 5.75 Å². The largest absolute Gasteiger partial charge is 0.507 e. The van der Waals surface area contributed by atoms with E-state index in [1.165, 1.54) is 0 Å². The molecule has 3 heteroatoms. The van der Waals surface area contributed by atoms with Crippen molar-refractivity contribution in [2.75, 3.05) is 19.8 Å². The second-order valence-corrected chi connectivity index (χ2v) is 6.13. The van der Waals surface area contributed by atoms with Crippen LogP contribution in [0.4, 0.5) is 0 Å². The number of nitrogens with one attached hydrogen (secondary N) is 1. The van der Waals surface area contributed by atoms with Crippen LogP contribution in [-0.2, 0) is 4.74 Å². The first kappa shape index (κ1) is 13.4. The van der Waals surface area contributed by atoms with Crippen LogP contribution in [0.5, 0.6) is 5.75 Å². The molecule has 0 aromatic heterocycles. The van der Waals surface area contributed by atoms with Crippen molar-refractivity contribution in [3.05, 3.63) is 42.0 Å². The van der Waals surface area contributed by atoms with E-state index in [0.717, 1.165) is 36.1 Å². The molecule has 0 aliphatic carbocycles. The molecule has 0 amide bonds. The number of aromatic hydroxyl groups is 1. The van der Waals surface area contributed by atoms with Crippen molar-refractivity contribution in [3.63, 3.8) is 0 Å². The van der Waals surface area contributed by atoms with Gasteiger partial charge in [0, 0.05) is 29.0 Å². The molecule has 2 N–H and O–H groups in total. The zero-order valence-corrected chi connectivity index (χ0v) is 12.0. The van der Waals surface area contributed by atoms with Gasteiger partial charge in [-0.25, -0.2) is 0 Å². The van der Waals surface area contributed by atoms with E-state index in [1.807, 2.05) is 30.3 Å². The molecule has 1 heterocycles. The van der Waals surface area contributed by atoms with E-state index >= 15 is 0 Å². The minimum atomic E-state index is 0.122. The Labute approximate surface area is 119 Å². The number of fused-ring (bicyclic) bond motifs is 1. The van der Waals surface area contributed by atoms with E-state index in [2.05, 4.69) is 25.2 Å². The van der Waals surface area contributed by atoms with Gasteiger partial charge in [0.25, 0.3) is 0 Å². The molecule has 3 nitrogen and oxygen atoms in total. The smallest absolute Gasteiger partial charge is 0.128 e. The summed E-state index contributed by atoms with van der Waals surface area (Å²) < 4.78 is 5.27. The maximum Gasteiger partial charge on any atom is 0.128 e. The summed E-state index contributed by atoms with van der Waals surface area (Å²) in [5, 5.41) is 15.9. The molecule has 2 aromatic carbocycles. The van der Waals surface area contributed by atoms with E-state index in [-0.39, 0.29) is 11.5 Å². The number of hydrogen-bond donors (Lipinski definition) is 2. The van der Waals surface area contributed by atoms with Crippen LogP contribution in [0.3, 0.4) is 0 Å². The van der Waals surface area contributed by atoms with Crippen LogP contribution in [0.25, 0.3) is 10.8 Å². The van der Waals surface area contributed by atoms with Gasteiger partial charge in [0.05, 0.1) is 13.2 Å². The van der Waals surface area contributed by atoms with Gasteiger partial charge >= 0.3 is 0 Å². The predicted octanol–water partition coefficient (Wildman–Crippen LogP) is 3.23. The number of ether oxygens (including phenoxy) is 1. The normalized spacial score (nSPS) is 18.7. The molecule has 106 valence electrons. The second-order valence-electron chi connectivity index (χ2n) is 6.13. The third-order valence-electron chi connectivity index (χ3n) is 4.13. The molecule has 1 fully saturated rings. The Kier molecular flexibility index (Phi) is 3.40. The summed E-state index contributed by atoms with van der Waals surface area (Å²) in [7, 11) is 0. The van der Waals surface area contributed by atoms with Gasteiger partial charge in [-0.05, 0) is 12.3 Å². The molecule has 1 aliphatic heterocycles. The van der Waals surface area contributed by atoms with Gasteiger partial charge in [0.2, 0.25) is 0 Å². The fourth-order valence-corrected chi connectivity index (χ4v) is 2.68. The Hall–Kier alpha value is -1.58. The Morgan fingerprint density at radius 3 is 2.70 bits per heavy atom. The average Bonchev–Trinajstić information content (AvgIpc) is 2.43. The molecule has 1 aliphatic rings. The van der Waals surface area contributed by atoms with Crippen molar-refractivity contribution in [2.45, 2.75) is 19.9 Å². The topological polar surface area (TPSA) is 41.5 Å². The summed E-state index contributed by atoms with van der Waals surface area (Å²) in [4.78, 5) is 0. The number of hydrogen-bond acceptors (Lipinski definition) is 3. The SMILES string of the molecule is CC(NCC1(C)COC1)c1ccc2ccccc2c1O. The molecule has 2 aromatic rings. The summed E-state index contributed by atoms with van der Waals surface area (Å²) in [6, 6.07) is 12.1. The number of phenolic OH excluding ortho intramolecular Hbond substituents is 1. The molecule has 0 spiro atoms. The lowest BCUT2D eigenvalue weighted by Crippen LogP contribution is -2.47. The first-order valence-electron chi connectivity index (χ1n) is 7.11. The molecule has 20 heavy (non-hydrogen) atoms. The maximum atomic E-state index is 10.5. The molecule has 1 unspecified atom stereocenters. The van der Waals surface area contributed by atoms with Crippen molar-refractivity contribution < 1.29 is 9.84 Å². The number of benzene rings is 2. The number of rotatable bonds is 4. The highest BCUT2D eigenvalue weighted by Crippen LogP contribution is 2.33. The summed E-state index contributed by atoms with van der Waals surface area (Å²) in [6.07, 6.45) is 0. The zero-order valence-electron chi connectivity index (χ0n) is 12.0. The molecular weight excluding hydrogens is 250 g/mol. The Bertz CT molecular complexity index is 619. The highest BCUT2D eigenvalue weighted by atomic mass is 16.5. The second kappa shape index (κ2) is 5.08. The molecule has 0 saturated carbocycles. The molecule has 3 rings (SSSR count). The van der Waals surface area contributed by atoms with Gasteiger partial charge in [-0.3, -0.25) is 0 Å². The van der Waals surface area contributed by atoms with Crippen molar-refractivity contribution in [1.82, 2.24) is 5.32 Å². The van der Waals surface area contributed by atoms with Gasteiger partial charge in [0.1, 0.15) is 5.75 Å². The van der Waals surface area contributed by atoms with Crippen LogP contribution >= 0.6 is 0 Å². The van der Waals surface area contributed by atoms with E-state index in [0.29, 0.717) is 5.75 Å². The lowest BCUT2D eigenvalue weighted by molar-refractivity contribution is -0.0999. The van der Waals surface area contributed by atoms with E-state index in [1.54, 1.807) is 0 Å². The van der Waals surface area contributed by atoms with Gasteiger partial charge in [-0.2, -0.15) is 0 Å². The maximum absolute atomic E-state index is 10.5. The third-order valence-corrected chi connectivity index (χ3v) is 4.13. The zero-order chi connectivity index (χ0) is 14.2. The summed E-state index contributed by atoms with van der Waals surface area (Å²) in [5.41, 5.74) is 1.19. The summed E-state index contributed by atoms with van der Waals surface area (Å²) >= 11 is 0.